The summed E-state index contributed by atoms with van der Waals surface area (Å²) >= 11 is 3.23. The van der Waals surface area contributed by atoms with Crippen LogP contribution in [0, 0.1) is 0 Å². The van der Waals surface area contributed by atoms with E-state index < -0.39 is 11.8 Å². The molecule has 0 aliphatic heterocycles. The topological polar surface area (TPSA) is 83.2 Å². The second-order valence-electron chi connectivity index (χ2n) is 4.10. The molecule has 1 aromatic carbocycles. The number of amides is 2. The number of H-pyrrole nitrogens is 1. The van der Waals surface area contributed by atoms with Crippen LogP contribution in [-0.2, 0) is 0 Å². The molecule has 2 aromatic rings. The number of hydrazine groups is 1. The van der Waals surface area contributed by atoms with Gasteiger partial charge in [-0.05, 0) is 47.1 Å². The minimum absolute atomic E-state index is 0.338. The SMILES string of the molecule is CCOc1cccc(C(=O)NNC(=O)c2cc(Br)c[nH]2)c1. The molecule has 0 saturated heterocycles. The van der Waals surface area contributed by atoms with E-state index in [1.54, 1.807) is 36.5 Å². The van der Waals surface area contributed by atoms with Gasteiger partial charge in [-0.3, -0.25) is 20.4 Å². The quantitative estimate of drug-likeness (QED) is 0.738. The van der Waals surface area contributed by atoms with Gasteiger partial charge in [-0.2, -0.15) is 0 Å². The Morgan fingerprint density at radius 3 is 2.67 bits per heavy atom. The Hall–Kier alpha value is -2.28. The van der Waals surface area contributed by atoms with Gasteiger partial charge in [-0.25, -0.2) is 0 Å². The molecule has 6 nitrogen and oxygen atoms in total. The molecule has 0 unspecified atom stereocenters. The van der Waals surface area contributed by atoms with Crippen LogP contribution in [0.3, 0.4) is 0 Å². The molecule has 2 rings (SSSR count). The molecular weight excluding hydrogens is 338 g/mol. The molecule has 110 valence electrons. The van der Waals surface area contributed by atoms with E-state index in [2.05, 4.69) is 31.8 Å². The van der Waals surface area contributed by atoms with Crippen LogP contribution < -0.4 is 15.6 Å². The standard InChI is InChI=1S/C14H14BrN3O3/c1-2-21-11-5-3-4-9(6-11)13(19)17-18-14(20)12-7-10(15)8-16-12/h3-8,16H,2H2,1H3,(H,17,19)(H,18,20). The van der Waals surface area contributed by atoms with Gasteiger partial charge in [-0.1, -0.05) is 6.07 Å². The molecule has 7 heteroatoms. The molecule has 0 aliphatic carbocycles. The monoisotopic (exact) mass is 351 g/mol. The maximum atomic E-state index is 11.9. The van der Waals surface area contributed by atoms with Crippen LogP contribution in [0.4, 0.5) is 0 Å². The van der Waals surface area contributed by atoms with Crippen LogP contribution in [0.15, 0.2) is 41.0 Å². The predicted molar refractivity (Wildman–Crippen MR) is 81.0 cm³/mol. The van der Waals surface area contributed by atoms with Crippen LogP contribution >= 0.6 is 15.9 Å². The van der Waals surface area contributed by atoms with Gasteiger partial charge in [0.2, 0.25) is 0 Å². The van der Waals surface area contributed by atoms with Gasteiger partial charge in [0.05, 0.1) is 6.61 Å². The highest BCUT2D eigenvalue weighted by molar-refractivity contribution is 9.10. The molecule has 1 heterocycles. The third-order valence-corrected chi connectivity index (χ3v) is 3.05. The summed E-state index contributed by atoms with van der Waals surface area (Å²) in [6.07, 6.45) is 1.63. The molecule has 2 amide bonds. The van der Waals surface area contributed by atoms with E-state index in [-0.39, 0.29) is 0 Å². The zero-order valence-electron chi connectivity index (χ0n) is 11.3. The number of halogens is 1. The maximum absolute atomic E-state index is 11.9. The molecule has 1 aromatic heterocycles. The van der Waals surface area contributed by atoms with Crippen molar-refractivity contribution in [3.63, 3.8) is 0 Å². The second-order valence-corrected chi connectivity index (χ2v) is 5.02. The smallest absolute Gasteiger partial charge is 0.286 e. The summed E-state index contributed by atoms with van der Waals surface area (Å²) in [5.41, 5.74) is 5.41. The molecule has 0 spiro atoms. The number of ether oxygens (including phenoxy) is 1. The fourth-order valence-corrected chi connectivity index (χ4v) is 1.99. The van der Waals surface area contributed by atoms with Gasteiger partial charge in [-0.15, -0.1) is 0 Å². The normalized spacial score (nSPS) is 10.0. The lowest BCUT2D eigenvalue weighted by atomic mass is 10.2. The van der Waals surface area contributed by atoms with Gasteiger partial charge >= 0.3 is 0 Å². The van der Waals surface area contributed by atoms with Gasteiger partial charge in [0.25, 0.3) is 11.8 Å². The van der Waals surface area contributed by atoms with E-state index in [0.29, 0.717) is 23.6 Å². The second kappa shape index (κ2) is 6.94. The average molecular weight is 352 g/mol. The largest absolute Gasteiger partial charge is 0.494 e. The first-order valence-electron chi connectivity index (χ1n) is 6.27. The van der Waals surface area contributed by atoms with Gasteiger partial charge in [0, 0.05) is 16.2 Å². The molecule has 0 saturated carbocycles. The van der Waals surface area contributed by atoms with E-state index in [0.717, 1.165) is 4.47 Å². The lowest BCUT2D eigenvalue weighted by Crippen LogP contribution is -2.41. The third kappa shape index (κ3) is 4.09. The molecule has 0 atom stereocenters. The number of rotatable bonds is 4. The number of nitrogens with one attached hydrogen (secondary N) is 3. The summed E-state index contributed by atoms with van der Waals surface area (Å²) in [6.45, 7) is 2.38. The first-order valence-corrected chi connectivity index (χ1v) is 7.07. The van der Waals surface area contributed by atoms with Crippen LogP contribution in [0.25, 0.3) is 0 Å². The van der Waals surface area contributed by atoms with E-state index in [4.69, 9.17) is 4.74 Å². The Morgan fingerprint density at radius 1 is 1.24 bits per heavy atom. The van der Waals surface area contributed by atoms with Crippen LogP contribution in [-0.4, -0.2) is 23.4 Å². The highest BCUT2D eigenvalue weighted by Crippen LogP contribution is 2.13. The molecule has 21 heavy (non-hydrogen) atoms. The Kier molecular flexibility index (Phi) is 4.99. The molecule has 0 radical (unpaired) electrons. The number of aromatic nitrogens is 1. The highest BCUT2D eigenvalue weighted by atomic mass is 79.9. The molecule has 0 aliphatic rings. The maximum Gasteiger partial charge on any atom is 0.286 e. The molecular formula is C14H14BrN3O3. The van der Waals surface area contributed by atoms with E-state index in [1.807, 2.05) is 6.92 Å². The number of benzene rings is 1. The van der Waals surface area contributed by atoms with Crippen molar-refractivity contribution in [1.82, 2.24) is 15.8 Å². The van der Waals surface area contributed by atoms with Crippen molar-refractivity contribution in [2.75, 3.05) is 6.61 Å². The minimum Gasteiger partial charge on any atom is -0.494 e. The Labute approximate surface area is 130 Å². The van der Waals surface area contributed by atoms with Crippen LogP contribution in [0.5, 0.6) is 5.75 Å². The summed E-state index contributed by atoms with van der Waals surface area (Å²) in [7, 11) is 0. The highest BCUT2D eigenvalue weighted by Gasteiger charge is 2.11. The molecule has 3 N–H and O–H groups in total. The van der Waals surface area contributed by atoms with Crippen molar-refractivity contribution in [2.24, 2.45) is 0 Å². The van der Waals surface area contributed by atoms with Gasteiger partial charge in [0.1, 0.15) is 11.4 Å². The first-order chi connectivity index (χ1) is 10.1. The zero-order valence-corrected chi connectivity index (χ0v) is 12.9. The van der Waals surface area contributed by atoms with E-state index >= 15 is 0 Å². The average Bonchev–Trinajstić information content (AvgIpc) is 2.92. The van der Waals surface area contributed by atoms with Crippen molar-refractivity contribution in [1.29, 1.82) is 0 Å². The van der Waals surface area contributed by atoms with Crippen molar-refractivity contribution in [2.45, 2.75) is 6.92 Å². The predicted octanol–water partition coefficient (Wildman–Crippen LogP) is 2.25. The number of hydrogen-bond donors (Lipinski definition) is 3. The van der Waals surface area contributed by atoms with E-state index in [9.17, 15) is 9.59 Å². The van der Waals surface area contributed by atoms with Crippen molar-refractivity contribution in [3.05, 3.63) is 52.3 Å². The Balaban J connectivity index is 1.95. The third-order valence-electron chi connectivity index (χ3n) is 2.59. The van der Waals surface area contributed by atoms with Crippen molar-refractivity contribution < 1.29 is 14.3 Å². The zero-order chi connectivity index (χ0) is 15.2. The summed E-state index contributed by atoms with van der Waals surface area (Å²) in [4.78, 5) is 26.5. The number of aromatic amines is 1. The van der Waals surface area contributed by atoms with Crippen LogP contribution in [0.1, 0.15) is 27.8 Å². The lowest BCUT2D eigenvalue weighted by Gasteiger charge is -2.08. The Morgan fingerprint density at radius 2 is 2.00 bits per heavy atom. The number of hydrogen-bond acceptors (Lipinski definition) is 3. The van der Waals surface area contributed by atoms with Gasteiger partial charge < -0.3 is 9.72 Å². The van der Waals surface area contributed by atoms with Crippen molar-refractivity contribution >= 4 is 27.7 Å². The first kappa shape index (κ1) is 15.1. The Bertz CT molecular complexity index is 654. The summed E-state index contributed by atoms with van der Waals surface area (Å²) in [5, 5.41) is 0. The van der Waals surface area contributed by atoms with Crippen LogP contribution in [0.2, 0.25) is 0 Å². The minimum atomic E-state index is -0.435. The van der Waals surface area contributed by atoms with Gasteiger partial charge in [0.15, 0.2) is 0 Å². The van der Waals surface area contributed by atoms with E-state index in [1.165, 1.54) is 0 Å². The molecule has 0 bridgehead atoms. The fraction of sp³-hybridized carbons (Fsp3) is 0.143. The number of carbonyl (C=O) groups is 2. The fourth-order valence-electron chi connectivity index (χ4n) is 1.65. The summed E-state index contributed by atoms with van der Waals surface area (Å²) < 4.78 is 6.07. The lowest BCUT2D eigenvalue weighted by molar-refractivity contribution is 0.0844. The summed E-state index contributed by atoms with van der Waals surface area (Å²) in [6, 6.07) is 8.32. The summed E-state index contributed by atoms with van der Waals surface area (Å²) in [5.74, 6) is -0.254. The number of carbonyl (C=O) groups excluding carboxylic acids is 2. The molecule has 0 fully saturated rings. The van der Waals surface area contributed by atoms with Crippen molar-refractivity contribution in [3.8, 4) is 5.75 Å².